The minimum atomic E-state index is -2.06. The van der Waals surface area contributed by atoms with Crippen molar-refractivity contribution in [3.63, 3.8) is 0 Å². The summed E-state index contributed by atoms with van der Waals surface area (Å²) in [7, 11) is 0. The van der Waals surface area contributed by atoms with E-state index in [4.69, 9.17) is 11.6 Å². The van der Waals surface area contributed by atoms with Gasteiger partial charge in [0.05, 0.1) is 6.61 Å². The molecule has 0 bridgehead atoms. The number of rotatable bonds is 7. The fourth-order valence-electron chi connectivity index (χ4n) is 0.867. The van der Waals surface area contributed by atoms with Crippen LogP contribution in [0, 0.1) is 0 Å². The van der Waals surface area contributed by atoms with Gasteiger partial charge < -0.3 is 30.0 Å². The molecule has 0 heterocycles. The maximum Gasteiger partial charge on any atom is 0.337 e. The fraction of sp³-hybridized carbons (Fsp3) is 0.778. The van der Waals surface area contributed by atoms with Crippen LogP contribution in [0.3, 0.4) is 0 Å². The van der Waals surface area contributed by atoms with Gasteiger partial charge in [0.2, 0.25) is 0 Å². The van der Waals surface area contributed by atoms with Crippen molar-refractivity contribution in [1.29, 1.82) is 0 Å². The number of carbonyl (C=O) groups excluding carboxylic acids is 2. The molecular formula is C9H16O7. The number of aliphatic hydroxyl groups excluding tert-OH is 4. The van der Waals surface area contributed by atoms with E-state index < -0.39 is 30.4 Å². The first kappa shape index (κ1) is 13.0. The zero-order chi connectivity index (χ0) is 13.4. The quantitative estimate of drug-likeness (QED) is 0.221. The van der Waals surface area contributed by atoms with E-state index in [9.17, 15) is 19.8 Å². The van der Waals surface area contributed by atoms with Crippen molar-refractivity contribution in [3.8, 4) is 0 Å². The Kier molecular flexibility index (Phi) is 5.94. The zero-order valence-electron chi connectivity index (χ0n) is 9.52. The summed E-state index contributed by atoms with van der Waals surface area (Å²) in [5.41, 5.74) is 0. The van der Waals surface area contributed by atoms with Crippen LogP contribution < -0.4 is 0 Å². The van der Waals surface area contributed by atoms with Gasteiger partial charge in [0, 0.05) is 1.37 Å². The third kappa shape index (κ3) is 4.23. The van der Waals surface area contributed by atoms with E-state index >= 15 is 0 Å². The lowest BCUT2D eigenvalue weighted by Crippen LogP contribution is -2.48. The zero-order valence-corrected chi connectivity index (χ0v) is 8.52. The summed E-state index contributed by atoms with van der Waals surface area (Å²) in [5, 5.41) is 36.5. The molecule has 0 aromatic heterocycles. The van der Waals surface area contributed by atoms with E-state index in [0.717, 1.165) is 0 Å². The van der Waals surface area contributed by atoms with Crippen LogP contribution in [0.25, 0.3) is 0 Å². The monoisotopic (exact) mass is 237 g/mol. The lowest BCUT2D eigenvalue weighted by Gasteiger charge is -2.22. The van der Waals surface area contributed by atoms with Crippen LogP contribution in [-0.2, 0) is 14.3 Å². The minimum Gasteiger partial charge on any atom is -0.464 e. The molecule has 94 valence electrons. The molecular weight excluding hydrogens is 220 g/mol. The van der Waals surface area contributed by atoms with E-state index in [1.54, 1.807) is 0 Å². The Labute approximate surface area is 93.7 Å². The summed E-state index contributed by atoms with van der Waals surface area (Å²) < 4.78 is 11.3. The molecule has 0 aliphatic carbocycles. The topological polar surface area (TPSA) is 124 Å². The van der Waals surface area contributed by atoms with Gasteiger partial charge in [-0.25, -0.2) is 4.79 Å². The second-order valence-electron chi connectivity index (χ2n) is 3.07. The van der Waals surface area contributed by atoms with Crippen molar-refractivity contribution in [3.05, 3.63) is 0 Å². The largest absolute Gasteiger partial charge is 0.464 e. The van der Waals surface area contributed by atoms with Crippen LogP contribution >= 0.6 is 0 Å². The van der Waals surface area contributed by atoms with E-state index in [1.165, 1.54) is 0 Å². The lowest BCUT2D eigenvalue weighted by atomic mass is 10.0. The van der Waals surface area contributed by atoms with E-state index in [0.29, 0.717) is 0 Å². The smallest absolute Gasteiger partial charge is 0.337 e. The first-order valence-corrected chi connectivity index (χ1v) is 4.59. The first-order chi connectivity index (χ1) is 7.95. The van der Waals surface area contributed by atoms with Gasteiger partial charge in [0.15, 0.2) is 12.4 Å². The van der Waals surface area contributed by atoms with Gasteiger partial charge in [-0.1, -0.05) is 6.90 Å². The standard InChI is InChI=1S/C9H16O7/c1-2-3-16-9(15)8(14)7(13)6(12)5(11)4-10/h4-8,11-14H,2-3H2,1H3/t5-,6+,7+,8-/m0/s1/i1D. The highest BCUT2D eigenvalue weighted by molar-refractivity contribution is 5.75. The number of esters is 1. The Bertz CT molecular complexity index is 247. The molecule has 4 N–H and O–H groups in total. The van der Waals surface area contributed by atoms with Gasteiger partial charge in [-0.15, -0.1) is 0 Å². The third-order valence-electron chi connectivity index (χ3n) is 1.79. The van der Waals surface area contributed by atoms with Crippen LogP contribution in [-0.4, -0.2) is 63.7 Å². The molecule has 0 radical (unpaired) electrons. The number of ether oxygens (including phenoxy) is 1. The maximum absolute atomic E-state index is 11.1. The molecule has 0 aliphatic rings. The number of aliphatic hydroxyl groups is 4. The molecule has 0 spiro atoms. The average molecular weight is 237 g/mol. The number of hydrogen-bond donors (Lipinski definition) is 4. The van der Waals surface area contributed by atoms with Crippen molar-refractivity contribution in [2.45, 2.75) is 37.7 Å². The molecule has 0 aromatic carbocycles. The summed E-state index contributed by atoms with van der Waals surface area (Å²) >= 11 is 0. The highest BCUT2D eigenvalue weighted by Crippen LogP contribution is 2.05. The van der Waals surface area contributed by atoms with Crippen LogP contribution in [0.2, 0.25) is 0 Å². The fourth-order valence-corrected chi connectivity index (χ4v) is 0.867. The normalized spacial score (nSPS) is 19.1. The molecule has 7 heteroatoms. The Morgan fingerprint density at radius 3 is 2.50 bits per heavy atom. The molecule has 0 amide bonds. The van der Waals surface area contributed by atoms with Crippen molar-refractivity contribution in [2.75, 3.05) is 6.61 Å². The summed E-state index contributed by atoms with van der Waals surface area (Å²) in [4.78, 5) is 21.2. The summed E-state index contributed by atoms with van der Waals surface area (Å²) in [6, 6.07) is 0. The molecule has 0 rings (SSSR count). The third-order valence-corrected chi connectivity index (χ3v) is 1.79. The second kappa shape index (κ2) is 7.29. The Morgan fingerprint density at radius 1 is 1.38 bits per heavy atom. The van der Waals surface area contributed by atoms with Crippen LogP contribution in [0.15, 0.2) is 0 Å². The number of aldehydes is 1. The Morgan fingerprint density at radius 2 is 2.00 bits per heavy atom. The van der Waals surface area contributed by atoms with Gasteiger partial charge in [-0.05, 0) is 6.42 Å². The highest BCUT2D eigenvalue weighted by atomic mass is 16.5. The first-order valence-electron chi connectivity index (χ1n) is 5.29. The lowest BCUT2D eigenvalue weighted by molar-refractivity contribution is -0.169. The SMILES string of the molecule is [2H]CCCOC(=O)[C@@H](O)[C@H](O)[C@H](O)[C@@H](O)C=O. The van der Waals surface area contributed by atoms with Gasteiger partial charge in [0.25, 0.3) is 0 Å². The predicted octanol–water partition coefficient (Wildman–Crippen LogP) is -2.42. The molecule has 0 fully saturated rings. The summed E-state index contributed by atoms with van der Waals surface area (Å²) in [6.07, 6.45) is -7.74. The average Bonchev–Trinajstić information content (AvgIpc) is 2.35. The summed E-state index contributed by atoms with van der Waals surface area (Å²) in [5.74, 6) is -1.19. The van der Waals surface area contributed by atoms with E-state index in [-0.39, 0.29) is 26.2 Å². The molecule has 16 heavy (non-hydrogen) atoms. The summed E-state index contributed by atoms with van der Waals surface area (Å²) in [6.45, 7) is -0.0587. The highest BCUT2D eigenvalue weighted by Gasteiger charge is 2.35. The molecule has 0 aliphatic heterocycles. The van der Waals surface area contributed by atoms with Gasteiger partial charge in [-0.2, -0.15) is 0 Å². The van der Waals surface area contributed by atoms with Gasteiger partial charge >= 0.3 is 5.97 Å². The van der Waals surface area contributed by atoms with Crippen molar-refractivity contribution < 1.29 is 36.1 Å². The Balaban J connectivity index is 4.23. The second-order valence-corrected chi connectivity index (χ2v) is 3.07. The molecule has 0 unspecified atom stereocenters. The van der Waals surface area contributed by atoms with E-state index in [1.807, 2.05) is 0 Å². The molecule has 4 atom stereocenters. The molecule has 0 saturated heterocycles. The van der Waals surface area contributed by atoms with Crippen LogP contribution in [0.4, 0.5) is 0 Å². The predicted molar refractivity (Wildman–Crippen MR) is 51.3 cm³/mol. The van der Waals surface area contributed by atoms with Crippen molar-refractivity contribution in [1.82, 2.24) is 0 Å². The molecule has 7 nitrogen and oxygen atoms in total. The van der Waals surface area contributed by atoms with Crippen LogP contribution in [0.1, 0.15) is 14.7 Å². The van der Waals surface area contributed by atoms with Gasteiger partial charge in [0.1, 0.15) is 18.3 Å². The maximum atomic E-state index is 11.1. The molecule has 0 aromatic rings. The van der Waals surface area contributed by atoms with Crippen molar-refractivity contribution >= 4 is 12.3 Å². The molecule has 0 saturated carbocycles. The Hall–Kier alpha value is -1.02. The van der Waals surface area contributed by atoms with Gasteiger partial charge in [-0.3, -0.25) is 0 Å². The number of carbonyl (C=O) groups is 2. The minimum absolute atomic E-state index is 0.0357. The van der Waals surface area contributed by atoms with E-state index in [2.05, 4.69) is 4.74 Å². The van der Waals surface area contributed by atoms with Crippen molar-refractivity contribution in [2.24, 2.45) is 0 Å². The number of hydrogen-bond acceptors (Lipinski definition) is 7. The van der Waals surface area contributed by atoms with Crippen LogP contribution in [0.5, 0.6) is 0 Å².